The van der Waals surface area contributed by atoms with Gasteiger partial charge in [-0.3, -0.25) is 0 Å². The summed E-state index contributed by atoms with van der Waals surface area (Å²) in [5, 5.41) is 0. The van der Waals surface area contributed by atoms with Crippen LogP contribution >= 0.6 is 0 Å². The van der Waals surface area contributed by atoms with Crippen molar-refractivity contribution in [1.82, 2.24) is 0 Å². The molecule has 2 fully saturated rings. The van der Waals surface area contributed by atoms with Crippen LogP contribution in [0.4, 0.5) is 0 Å². The monoisotopic (exact) mass is 274 g/mol. The minimum atomic E-state index is 0.838. The van der Waals surface area contributed by atoms with E-state index >= 15 is 0 Å². The molecule has 2 aliphatic rings. The first-order valence-corrected chi connectivity index (χ1v) is 9.12. The summed E-state index contributed by atoms with van der Waals surface area (Å²) < 4.78 is 0. The van der Waals surface area contributed by atoms with Gasteiger partial charge in [0.05, 0.1) is 0 Å². The molecule has 0 radical (unpaired) electrons. The van der Waals surface area contributed by atoms with E-state index in [1.807, 2.05) is 6.08 Å². The first kappa shape index (κ1) is 15.9. The van der Waals surface area contributed by atoms with E-state index in [-0.39, 0.29) is 0 Å². The summed E-state index contributed by atoms with van der Waals surface area (Å²) >= 11 is 0. The van der Waals surface area contributed by atoms with Crippen LogP contribution in [0.15, 0.2) is 24.8 Å². The highest BCUT2D eigenvalue weighted by Gasteiger charge is 2.29. The van der Waals surface area contributed by atoms with Crippen molar-refractivity contribution in [3.05, 3.63) is 24.8 Å². The Morgan fingerprint density at radius 2 is 1.50 bits per heavy atom. The van der Waals surface area contributed by atoms with Gasteiger partial charge in [-0.2, -0.15) is 0 Å². The summed E-state index contributed by atoms with van der Waals surface area (Å²) in [5.74, 6) is 4.02. The molecular formula is C20H34. The summed E-state index contributed by atoms with van der Waals surface area (Å²) in [6, 6.07) is 0. The minimum Gasteiger partial charge on any atom is -0.0991 e. The lowest BCUT2D eigenvalue weighted by molar-refractivity contribution is 0.152. The molecule has 0 heterocycles. The smallest absolute Gasteiger partial charge is 0.0230 e. The van der Waals surface area contributed by atoms with Crippen LogP contribution in [0.25, 0.3) is 0 Å². The lowest BCUT2D eigenvalue weighted by Gasteiger charge is -2.37. The van der Waals surface area contributed by atoms with E-state index in [1.165, 1.54) is 70.6 Å². The summed E-state index contributed by atoms with van der Waals surface area (Å²) in [5.41, 5.74) is 0. The Hall–Kier alpha value is -0.520. The summed E-state index contributed by atoms with van der Waals surface area (Å²) in [6.45, 7) is 6.10. The van der Waals surface area contributed by atoms with E-state index in [0.717, 1.165) is 23.7 Å². The third kappa shape index (κ3) is 4.79. The molecule has 0 aliphatic heterocycles. The van der Waals surface area contributed by atoms with Gasteiger partial charge in [-0.15, -0.1) is 0 Å². The van der Waals surface area contributed by atoms with Gasteiger partial charge in [-0.05, 0) is 62.2 Å². The van der Waals surface area contributed by atoms with Crippen molar-refractivity contribution >= 4 is 0 Å². The van der Waals surface area contributed by atoms with Crippen molar-refractivity contribution in [3.63, 3.8) is 0 Å². The molecule has 0 N–H and O–H groups in total. The molecule has 0 amide bonds. The van der Waals surface area contributed by atoms with Gasteiger partial charge in [0.1, 0.15) is 0 Å². The summed E-state index contributed by atoms with van der Waals surface area (Å²) in [6.07, 6.45) is 22.7. The quantitative estimate of drug-likeness (QED) is 0.483. The van der Waals surface area contributed by atoms with E-state index in [9.17, 15) is 0 Å². The molecule has 114 valence electrons. The molecule has 0 unspecified atom stereocenters. The number of hydrogen-bond donors (Lipinski definition) is 0. The van der Waals surface area contributed by atoms with E-state index in [2.05, 4.69) is 25.7 Å². The van der Waals surface area contributed by atoms with Crippen molar-refractivity contribution in [2.75, 3.05) is 0 Å². The first-order valence-electron chi connectivity index (χ1n) is 9.12. The van der Waals surface area contributed by atoms with Crippen LogP contribution in [0.1, 0.15) is 77.6 Å². The summed E-state index contributed by atoms with van der Waals surface area (Å²) in [7, 11) is 0. The molecule has 2 saturated carbocycles. The van der Waals surface area contributed by atoms with E-state index in [1.54, 1.807) is 0 Å². The average Bonchev–Trinajstić information content (AvgIpc) is 2.52. The molecule has 2 rings (SSSR count). The van der Waals surface area contributed by atoms with Gasteiger partial charge in [0, 0.05) is 0 Å². The van der Waals surface area contributed by atoms with Crippen LogP contribution in [-0.2, 0) is 0 Å². The highest BCUT2D eigenvalue weighted by atomic mass is 14.3. The second-order valence-electron chi connectivity index (χ2n) is 7.22. The fourth-order valence-electron chi connectivity index (χ4n) is 4.49. The molecule has 2 aliphatic carbocycles. The Balaban J connectivity index is 1.67. The average molecular weight is 274 g/mol. The molecule has 0 atom stereocenters. The normalized spacial score (nSPS) is 35.2. The van der Waals surface area contributed by atoms with Crippen LogP contribution in [0.3, 0.4) is 0 Å². The highest BCUT2D eigenvalue weighted by molar-refractivity contribution is 5.01. The van der Waals surface area contributed by atoms with E-state index in [4.69, 9.17) is 0 Å². The van der Waals surface area contributed by atoms with Gasteiger partial charge in [-0.1, -0.05) is 63.8 Å². The predicted molar refractivity (Wildman–Crippen MR) is 89.8 cm³/mol. The lowest BCUT2D eigenvalue weighted by atomic mass is 9.68. The molecule has 0 heteroatoms. The Bertz CT molecular complexity index is 285. The van der Waals surface area contributed by atoms with Gasteiger partial charge >= 0.3 is 0 Å². The van der Waals surface area contributed by atoms with Crippen molar-refractivity contribution < 1.29 is 0 Å². The maximum atomic E-state index is 3.77. The zero-order chi connectivity index (χ0) is 14.2. The fourth-order valence-corrected chi connectivity index (χ4v) is 4.49. The maximum Gasteiger partial charge on any atom is -0.0230 e. The Morgan fingerprint density at radius 1 is 0.900 bits per heavy atom. The van der Waals surface area contributed by atoms with Crippen LogP contribution in [0.2, 0.25) is 0 Å². The zero-order valence-corrected chi connectivity index (χ0v) is 13.5. The molecule has 0 spiro atoms. The van der Waals surface area contributed by atoms with Crippen LogP contribution in [-0.4, -0.2) is 0 Å². The third-order valence-electron chi connectivity index (χ3n) is 5.86. The van der Waals surface area contributed by atoms with Gasteiger partial charge in [-0.25, -0.2) is 0 Å². The van der Waals surface area contributed by atoms with Gasteiger partial charge in [0.2, 0.25) is 0 Å². The molecule has 0 bridgehead atoms. The van der Waals surface area contributed by atoms with Crippen molar-refractivity contribution in [1.29, 1.82) is 0 Å². The molecule has 0 aromatic heterocycles. The Morgan fingerprint density at radius 3 is 2.05 bits per heavy atom. The van der Waals surface area contributed by atoms with Gasteiger partial charge in [0.25, 0.3) is 0 Å². The Kier molecular flexibility index (Phi) is 6.90. The van der Waals surface area contributed by atoms with Crippen molar-refractivity contribution in [2.45, 2.75) is 77.6 Å². The van der Waals surface area contributed by atoms with E-state index in [0.29, 0.717) is 0 Å². The largest absolute Gasteiger partial charge is 0.0991 e. The van der Waals surface area contributed by atoms with Crippen molar-refractivity contribution in [3.8, 4) is 0 Å². The third-order valence-corrected chi connectivity index (χ3v) is 5.86. The molecule has 0 nitrogen and oxygen atoms in total. The molecular weight excluding hydrogens is 240 g/mol. The summed E-state index contributed by atoms with van der Waals surface area (Å²) in [4.78, 5) is 0. The van der Waals surface area contributed by atoms with E-state index < -0.39 is 0 Å². The van der Waals surface area contributed by atoms with Crippen LogP contribution in [0, 0.1) is 23.7 Å². The fraction of sp³-hybridized carbons (Fsp3) is 0.800. The highest BCUT2D eigenvalue weighted by Crippen LogP contribution is 2.42. The number of rotatable bonds is 6. The van der Waals surface area contributed by atoms with Crippen LogP contribution < -0.4 is 0 Å². The van der Waals surface area contributed by atoms with Gasteiger partial charge < -0.3 is 0 Å². The predicted octanol–water partition coefficient (Wildman–Crippen LogP) is 6.53. The second-order valence-corrected chi connectivity index (χ2v) is 7.22. The lowest BCUT2D eigenvalue weighted by Crippen LogP contribution is -2.25. The topological polar surface area (TPSA) is 0 Å². The first-order chi connectivity index (χ1) is 9.83. The molecule has 0 aromatic carbocycles. The standard InChI is InChI=1S/C20H34/c1-3-5-7-17-9-13-19(14-10-17)20-15-11-18(12-16-20)8-6-4-2/h3,5,7,17-20H,1,4,6,8-16H2,2H3/b7-5+. The molecule has 0 saturated heterocycles. The SMILES string of the molecule is C=C/C=C/C1CCC(C2CCC(CCCC)CC2)CC1. The zero-order valence-electron chi connectivity index (χ0n) is 13.5. The van der Waals surface area contributed by atoms with Crippen molar-refractivity contribution in [2.24, 2.45) is 23.7 Å². The number of allylic oxidation sites excluding steroid dienone is 3. The Labute approximate surface area is 126 Å². The molecule has 20 heavy (non-hydrogen) atoms. The van der Waals surface area contributed by atoms with Gasteiger partial charge in [0.15, 0.2) is 0 Å². The molecule has 0 aromatic rings. The maximum absolute atomic E-state index is 3.77. The minimum absolute atomic E-state index is 0.838. The second kappa shape index (κ2) is 8.70. The number of unbranched alkanes of at least 4 members (excludes halogenated alkanes) is 1. The van der Waals surface area contributed by atoms with Crippen LogP contribution in [0.5, 0.6) is 0 Å². The number of hydrogen-bond acceptors (Lipinski definition) is 0.